The van der Waals surface area contributed by atoms with E-state index in [0.29, 0.717) is 23.3 Å². The Morgan fingerprint density at radius 2 is 1.89 bits per heavy atom. The molecule has 2 aromatic carbocycles. The SMILES string of the molecule is Cc1nnc(CSc2ccc(O)c3ccccc23)o1. The van der Waals surface area contributed by atoms with Crippen molar-refractivity contribution in [3.05, 3.63) is 48.2 Å². The molecule has 4 nitrogen and oxygen atoms in total. The number of aromatic nitrogens is 2. The van der Waals surface area contributed by atoms with Crippen LogP contribution >= 0.6 is 11.8 Å². The fraction of sp³-hybridized carbons (Fsp3) is 0.143. The van der Waals surface area contributed by atoms with Gasteiger partial charge < -0.3 is 9.52 Å². The van der Waals surface area contributed by atoms with E-state index >= 15 is 0 Å². The Morgan fingerprint density at radius 3 is 2.63 bits per heavy atom. The van der Waals surface area contributed by atoms with E-state index in [2.05, 4.69) is 10.2 Å². The minimum absolute atomic E-state index is 0.300. The highest BCUT2D eigenvalue weighted by molar-refractivity contribution is 7.98. The molecule has 0 fully saturated rings. The van der Waals surface area contributed by atoms with Crippen LogP contribution < -0.4 is 0 Å². The highest BCUT2D eigenvalue weighted by Crippen LogP contribution is 2.34. The molecule has 0 bridgehead atoms. The molecule has 19 heavy (non-hydrogen) atoms. The molecular formula is C14H12N2O2S. The van der Waals surface area contributed by atoms with Gasteiger partial charge in [-0.3, -0.25) is 0 Å². The Kier molecular flexibility index (Phi) is 3.13. The molecule has 0 saturated carbocycles. The topological polar surface area (TPSA) is 59.2 Å². The average molecular weight is 272 g/mol. The highest BCUT2D eigenvalue weighted by atomic mass is 32.2. The van der Waals surface area contributed by atoms with Crippen molar-refractivity contribution < 1.29 is 9.52 Å². The van der Waals surface area contributed by atoms with Crippen molar-refractivity contribution in [2.45, 2.75) is 17.6 Å². The van der Waals surface area contributed by atoms with Crippen LogP contribution in [0.2, 0.25) is 0 Å². The van der Waals surface area contributed by atoms with E-state index in [1.807, 2.05) is 30.3 Å². The third-order valence-corrected chi connectivity index (χ3v) is 3.84. The Bertz CT molecular complexity index is 724. The lowest BCUT2D eigenvalue weighted by Crippen LogP contribution is -1.83. The first-order chi connectivity index (χ1) is 9.24. The fourth-order valence-corrected chi connectivity index (χ4v) is 2.81. The van der Waals surface area contributed by atoms with Gasteiger partial charge in [-0.1, -0.05) is 24.3 Å². The fourth-order valence-electron chi connectivity index (χ4n) is 1.92. The van der Waals surface area contributed by atoms with Crippen molar-refractivity contribution in [1.29, 1.82) is 0 Å². The van der Waals surface area contributed by atoms with E-state index < -0.39 is 0 Å². The first-order valence-electron chi connectivity index (χ1n) is 5.86. The Labute approximate surface area is 114 Å². The second-order valence-electron chi connectivity index (χ2n) is 4.13. The standard InChI is InChI=1S/C14H12N2O2S/c1-9-15-16-14(18-9)8-19-13-7-6-12(17)10-4-2-3-5-11(10)13/h2-7,17H,8H2,1H3. The first kappa shape index (κ1) is 12.0. The van der Waals surface area contributed by atoms with Crippen molar-refractivity contribution in [1.82, 2.24) is 10.2 Å². The molecule has 0 unspecified atom stereocenters. The number of aryl methyl sites for hydroxylation is 1. The van der Waals surface area contributed by atoms with E-state index in [1.165, 1.54) is 0 Å². The summed E-state index contributed by atoms with van der Waals surface area (Å²) in [6, 6.07) is 11.4. The molecule has 0 atom stereocenters. The maximum atomic E-state index is 9.83. The summed E-state index contributed by atoms with van der Waals surface area (Å²) in [5.41, 5.74) is 0. The van der Waals surface area contributed by atoms with Crippen LogP contribution in [0.4, 0.5) is 0 Å². The van der Waals surface area contributed by atoms with E-state index in [4.69, 9.17) is 4.42 Å². The molecule has 0 aliphatic rings. The summed E-state index contributed by atoms with van der Waals surface area (Å²) >= 11 is 1.62. The Hall–Kier alpha value is -2.01. The van der Waals surface area contributed by atoms with Crippen molar-refractivity contribution in [3.8, 4) is 5.75 Å². The molecule has 0 aliphatic carbocycles. The van der Waals surface area contributed by atoms with Gasteiger partial charge in [0.15, 0.2) is 0 Å². The van der Waals surface area contributed by atoms with Crippen LogP contribution in [0.25, 0.3) is 10.8 Å². The second-order valence-corrected chi connectivity index (χ2v) is 5.15. The van der Waals surface area contributed by atoms with Crippen LogP contribution in [0.3, 0.4) is 0 Å². The van der Waals surface area contributed by atoms with Gasteiger partial charge >= 0.3 is 0 Å². The zero-order valence-electron chi connectivity index (χ0n) is 10.3. The number of thioether (sulfide) groups is 1. The van der Waals surface area contributed by atoms with E-state index in [1.54, 1.807) is 24.8 Å². The zero-order valence-corrected chi connectivity index (χ0v) is 11.1. The normalized spacial score (nSPS) is 11.0. The predicted molar refractivity (Wildman–Crippen MR) is 74.2 cm³/mol. The Morgan fingerprint density at radius 1 is 1.11 bits per heavy atom. The zero-order chi connectivity index (χ0) is 13.2. The van der Waals surface area contributed by atoms with E-state index in [0.717, 1.165) is 15.7 Å². The lowest BCUT2D eigenvalue weighted by Gasteiger charge is -2.06. The lowest BCUT2D eigenvalue weighted by atomic mass is 10.1. The monoisotopic (exact) mass is 272 g/mol. The maximum absolute atomic E-state index is 9.83. The van der Waals surface area contributed by atoms with Crippen LogP contribution in [-0.2, 0) is 5.75 Å². The largest absolute Gasteiger partial charge is 0.507 e. The summed E-state index contributed by atoms with van der Waals surface area (Å²) < 4.78 is 5.35. The molecule has 0 aliphatic heterocycles. The van der Waals surface area contributed by atoms with Gasteiger partial charge in [0.25, 0.3) is 0 Å². The minimum Gasteiger partial charge on any atom is -0.507 e. The number of fused-ring (bicyclic) bond motifs is 1. The molecule has 1 N–H and O–H groups in total. The van der Waals surface area contributed by atoms with E-state index in [9.17, 15) is 5.11 Å². The van der Waals surface area contributed by atoms with Gasteiger partial charge in [-0.05, 0) is 17.5 Å². The smallest absolute Gasteiger partial charge is 0.226 e. The molecule has 96 valence electrons. The molecule has 1 heterocycles. The van der Waals surface area contributed by atoms with Gasteiger partial charge in [0.1, 0.15) is 5.75 Å². The predicted octanol–water partition coefficient (Wildman–Crippen LogP) is 3.53. The van der Waals surface area contributed by atoms with Gasteiger partial charge in [-0.25, -0.2) is 0 Å². The molecule has 0 spiro atoms. The van der Waals surface area contributed by atoms with Crippen LogP contribution in [0, 0.1) is 6.92 Å². The summed E-state index contributed by atoms with van der Waals surface area (Å²) in [4.78, 5) is 1.09. The number of hydrogen-bond acceptors (Lipinski definition) is 5. The molecular weight excluding hydrogens is 260 g/mol. The first-order valence-corrected chi connectivity index (χ1v) is 6.85. The number of phenols is 1. The van der Waals surface area contributed by atoms with Crippen molar-refractivity contribution in [2.75, 3.05) is 0 Å². The van der Waals surface area contributed by atoms with Crippen molar-refractivity contribution >= 4 is 22.5 Å². The van der Waals surface area contributed by atoms with Gasteiger partial charge in [-0.15, -0.1) is 22.0 Å². The summed E-state index contributed by atoms with van der Waals surface area (Å²) in [6.45, 7) is 1.77. The third-order valence-electron chi connectivity index (χ3n) is 2.78. The van der Waals surface area contributed by atoms with Gasteiger partial charge in [0.2, 0.25) is 11.8 Å². The molecule has 0 saturated heterocycles. The van der Waals surface area contributed by atoms with Crippen LogP contribution in [0.1, 0.15) is 11.8 Å². The maximum Gasteiger partial charge on any atom is 0.226 e. The average Bonchev–Trinajstić information content (AvgIpc) is 2.84. The summed E-state index contributed by atoms with van der Waals surface area (Å²) in [5.74, 6) is 2.11. The highest BCUT2D eigenvalue weighted by Gasteiger charge is 2.08. The van der Waals surface area contributed by atoms with Crippen molar-refractivity contribution in [3.63, 3.8) is 0 Å². The van der Waals surface area contributed by atoms with E-state index in [-0.39, 0.29) is 0 Å². The third kappa shape index (κ3) is 2.42. The number of benzene rings is 2. The van der Waals surface area contributed by atoms with Crippen molar-refractivity contribution in [2.24, 2.45) is 0 Å². The number of rotatable bonds is 3. The van der Waals surface area contributed by atoms with Gasteiger partial charge in [0.05, 0.1) is 5.75 Å². The van der Waals surface area contributed by atoms with Crippen LogP contribution in [0.5, 0.6) is 5.75 Å². The van der Waals surface area contributed by atoms with Gasteiger partial charge in [-0.2, -0.15) is 0 Å². The van der Waals surface area contributed by atoms with Crippen LogP contribution in [0.15, 0.2) is 45.7 Å². The number of aromatic hydroxyl groups is 1. The summed E-state index contributed by atoms with van der Waals surface area (Å²) in [6.07, 6.45) is 0. The molecule has 0 radical (unpaired) electrons. The summed E-state index contributed by atoms with van der Waals surface area (Å²) in [7, 11) is 0. The molecule has 3 aromatic rings. The summed E-state index contributed by atoms with van der Waals surface area (Å²) in [5, 5.41) is 19.5. The lowest BCUT2D eigenvalue weighted by molar-refractivity contribution is 0.481. The Balaban J connectivity index is 1.91. The molecule has 0 amide bonds. The molecule has 1 aromatic heterocycles. The number of nitrogens with zero attached hydrogens (tertiary/aromatic N) is 2. The number of hydrogen-bond donors (Lipinski definition) is 1. The number of phenolic OH excluding ortho intramolecular Hbond substituents is 1. The quantitative estimate of drug-likeness (QED) is 0.739. The minimum atomic E-state index is 0.300. The second kappa shape index (κ2) is 4.93. The van der Waals surface area contributed by atoms with Gasteiger partial charge in [0, 0.05) is 17.2 Å². The molecule has 3 rings (SSSR count). The van der Waals surface area contributed by atoms with Crippen LogP contribution in [-0.4, -0.2) is 15.3 Å². The molecule has 5 heteroatoms.